The van der Waals surface area contributed by atoms with Gasteiger partial charge < -0.3 is 16.0 Å². The molecule has 2 aromatic carbocycles. The Balaban J connectivity index is 1.65. The summed E-state index contributed by atoms with van der Waals surface area (Å²) in [5.41, 5.74) is 1.87. The van der Waals surface area contributed by atoms with Gasteiger partial charge in [0.25, 0.3) is 5.91 Å². The summed E-state index contributed by atoms with van der Waals surface area (Å²) in [7, 11) is 0. The molecule has 4 nitrogen and oxygen atoms in total. The Bertz CT molecular complexity index is 773. The molecule has 0 atom stereocenters. The minimum Gasteiger partial charge on any atom is -0.349 e. The van der Waals surface area contributed by atoms with E-state index in [1.54, 1.807) is 18.2 Å². The van der Waals surface area contributed by atoms with Gasteiger partial charge in [0.05, 0.1) is 11.3 Å². The van der Waals surface area contributed by atoms with E-state index in [1.165, 1.54) is 18.6 Å². The quantitative estimate of drug-likeness (QED) is 0.682. The number of rotatable bonds is 4. The average Bonchev–Trinajstić information content (AvgIpc) is 2.65. The van der Waals surface area contributed by atoms with Gasteiger partial charge in [0.1, 0.15) is 5.82 Å². The smallest absolute Gasteiger partial charge is 0.253 e. The molecule has 0 saturated heterocycles. The number of nitrogens with one attached hydrogen (secondary N) is 3. The number of thiocarbonyl (C=S) groups is 1. The lowest BCUT2D eigenvalue weighted by Crippen LogP contribution is -2.36. The molecule has 136 valence electrons. The maximum absolute atomic E-state index is 13.0. The lowest BCUT2D eigenvalue weighted by Gasteiger charge is -2.23. The van der Waals surface area contributed by atoms with Crippen molar-refractivity contribution >= 4 is 34.6 Å². The summed E-state index contributed by atoms with van der Waals surface area (Å²) in [6.45, 7) is 0. The molecule has 0 radical (unpaired) electrons. The molecule has 0 bridgehead atoms. The van der Waals surface area contributed by atoms with E-state index in [2.05, 4.69) is 16.0 Å². The first-order chi connectivity index (χ1) is 12.6. The van der Waals surface area contributed by atoms with Crippen LogP contribution in [0, 0.1) is 5.82 Å². The molecule has 1 saturated carbocycles. The van der Waals surface area contributed by atoms with Crippen molar-refractivity contribution in [1.82, 2.24) is 5.32 Å². The normalized spacial score (nSPS) is 14.5. The molecule has 26 heavy (non-hydrogen) atoms. The van der Waals surface area contributed by atoms with Crippen molar-refractivity contribution < 1.29 is 9.18 Å². The van der Waals surface area contributed by atoms with Crippen LogP contribution in [0.15, 0.2) is 48.5 Å². The van der Waals surface area contributed by atoms with E-state index in [0.29, 0.717) is 22.1 Å². The van der Waals surface area contributed by atoms with Crippen LogP contribution >= 0.6 is 12.2 Å². The van der Waals surface area contributed by atoms with Crippen molar-refractivity contribution in [2.75, 3.05) is 10.6 Å². The Kier molecular flexibility index (Phi) is 6.17. The van der Waals surface area contributed by atoms with Gasteiger partial charge in [0, 0.05) is 11.7 Å². The van der Waals surface area contributed by atoms with Gasteiger partial charge in [0.2, 0.25) is 0 Å². The Morgan fingerprint density at radius 3 is 2.38 bits per heavy atom. The molecule has 1 fully saturated rings. The minimum absolute atomic E-state index is 0.0930. The first-order valence-corrected chi connectivity index (χ1v) is 9.26. The van der Waals surface area contributed by atoms with Crippen molar-refractivity contribution in [3.63, 3.8) is 0 Å². The van der Waals surface area contributed by atoms with Crippen LogP contribution in [0.2, 0.25) is 0 Å². The number of carbonyl (C=O) groups is 1. The first-order valence-electron chi connectivity index (χ1n) is 8.85. The number of para-hydroxylation sites is 1. The standard InChI is InChI=1S/C20H22FN3OS/c21-14-10-12-16(13-11-14)23-20(26)24-18-9-5-4-8-17(18)19(25)22-15-6-2-1-3-7-15/h4-5,8-13,15H,1-3,6-7H2,(H,22,25)(H2,23,24,26). The summed E-state index contributed by atoms with van der Waals surface area (Å²) in [5.74, 6) is -0.399. The van der Waals surface area contributed by atoms with Crippen LogP contribution in [0.4, 0.5) is 15.8 Å². The average molecular weight is 371 g/mol. The summed E-state index contributed by atoms with van der Waals surface area (Å²) in [5, 5.41) is 9.51. The first kappa shape index (κ1) is 18.3. The second-order valence-corrected chi connectivity index (χ2v) is 6.85. The highest BCUT2D eigenvalue weighted by Crippen LogP contribution is 2.20. The topological polar surface area (TPSA) is 53.2 Å². The third kappa shape index (κ3) is 5.02. The predicted octanol–water partition coefficient (Wildman–Crippen LogP) is 4.70. The van der Waals surface area contributed by atoms with Crippen molar-refractivity contribution in [2.45, 2.75) is 38.1 Å². The summed E-state index contributed by atoms with van der Waals surface area (Å²) in [6, 6.07) is 13.4. The number of anilines is 2. The highest BCUT2D eigenvalue weighted by molar-refractivity contribution is 7.80. The molecular formula is C20H22FN3OS. The molecule has 1 amide bonds. The molecule has 2 aromatic rings. The Labute approximate surface area is 158 Å². The maximum Gasteiger partial charge on any atom is 0.253 e. The predicted molar refractivity (Wildman–Crippen MR) is 107 cm³/mol. The molecule has 1 aliphatic rings. The van der Waals surface area contributed by atoms with Gasteiger partial charge in [-0.05, 0) is 61.5 Å². The van der Waals surface area contributed by atoms with E-state index in [1.807, 2.05) is 18.2 Å². The van der Waals surface area contributed by atoms with E-state index in [4.69, 9.17) is 12.2 Å². The van der Waals surface area contributed by atoms with Crippen molar-refractivity contribution in [3.8, 4) is 0 Å². The lowest BCUT2D eigenvalue weighted by atomic mass is 9.95. The Morgan fingerprint density at radius 1 is 0.962 bits per heavy atom. The monoisotopic (exact) mass is 371 g/mol. The highest BCUT2D eigenvalue weighted by atomic mass is 32.1. The van der Waals surface area contributed by atoms with Crippen molar-refractivity contribution in [1.29, 1.82) is 0 Å². The summed E-state index contributed by atoms with van der Waals surface area (Å²) in [6.07, 6.45) is 5.64. The molecule has 0 spiro atoms. The zero-order chi connectivity index (χ0) is 18.4. The van der Waals surface area contributed by atoms with Crippen molar-refractivity contribution in [2.24, 2.45) is 0 Å². The van der Waals surface area contributed by atoms with E-state index >= 15 is 0 Å². The molecule has 0 heterocycles. The SMILES string of the molecule is O=C(NC1CCCCC1)c1ccccc1NC(=S)Nc1ccc(F)cc1. The number of carbonyl (C=O) groups excluding carboxylic acids is 1. The highest BCUT2D eigenvalue weighted by Gasteiger charge is 2.18. The number of benzene rings is 2. The molecule has 0 aliphatic heterocycles. The van der Waals surface area contributed by atoms with Gasteiger partial charge in [-0.1, -0.05) is 31.4 Å². The van der Waals surface area contributed by atoms with Crippen LogP contribution in [0.3, 0.4) is 0 Å². The molecule has 6 heteroatoms. The number of halogens is 1. The van der Waals surface area contributed by atoms with Gasteiger partial charge in [-0.2, -0.15) is 0 Å². The number of hydrogen-bond donors (Lipinski definition) is 3. The second-order valence-electron chi connectivity index (χ2n) is 6.44. The zero-order valence-electron chi connectivity index (χ0n) is 14.4. The fourth-order valence-corrected chi connectivity index (χ4v) is 3.35. The number of amides is 1. The Morgan fingerprint density at radius 2 is 1.65 bits per heavy atom. The maximum atomic E-state index is 13.0. The van der Waals surface area contributed by atoms with Gasteiger partial charge in [-0.25, -0.2) is 4.39 Å². The largest absolute Gasteiger partial charge is 0.349 e. The van der Waals surface area contributed by atoms with Gasteiger partial charge in [-0.3, -0.25) is 4.79 Å². The molecule has 3 rings (SSSR count). The second kappa shape index (κ2) is 8.76. The van der Waals surface area contributed by atoms with E-state index in [0.717, 1.165) is 25.7 Å². The van der Waals surface area contributed by atoms with Crippen LogP contribution in [0.5, 0.6) is 0 Å². The van der Waals surface area contributed by atoms with Crippen molar-refractivity contribution in [3.05, 3.63) is 59.9 Å². The van der Waals surface area contributed by atoms with Crippen LogP contribution in [-0.2, 0) is 0 Å². The Hall–Kier alpha value is -2.47. The van der Waals surface area contributed by atoms with Crippen LogP contribution < -0.4 is 16.0 Å². The van der Waals surface area contributed by atoms with Crippen LogP contribution in [0.25, 0.3) is 0 Å². The van der Waals surface area contributed by atoms with Gasteiger partial charge in [0.15, 0.2) is 5.11 Å². The third-order valence-corrected chi connectivity index (χ3v) is 4.67. The van der Waals surface area contributed by atoms with Crippen LogP contribution in [-0.4, -0.2) is 17.1 Å². The summed E-state index contributed by atoms with van der Waals surface area (Å²) >= 11 is 5.31. The van der Waals surface area contributed by atoms with E-state index in [9.17, 15) is 9.18 Å². The molecule has 0 aromatic heterocycles. The van der Waals surface area contributed by atoms with E-state index in [-0.39, 0.29) is 17.8 Å². The van der Waals surface area contributed by atoms with Gasteiger partial charge >= 0.3 is 0 Å². The third-order valence-electron chi connectivity index (χ3n) is 4.46. The minimum atomic E-state index is -0.306. The number of hydrogen-bond acceptors (Lipinski definition) is 2. The van der Waals surface area contributed by atoms with Crippen LogP contribution in [0.1, 0.15) is 42.5 Å². The zero-order valence-corrected chi connectivity index (χ0v) is 15.2. The molecule has 1 aliphatic carbocycles. The van der Waals surface area contributed by atoms with Gasteiger partial charge in [-0.15, -0.1) is 0 Å². The summed E-state index contributed by atoms with van der Waals surface area (Å²) < 4.78 is 13.0. The fraction of sp³-hybridized carbons (Fsp3) is 0.300. The molecule has 3 N–H and O–H groups in total. The molecular weight excluding hydrogens is 349 g/mol. The fourth-order valence-electron chi connectivity index (χ4n) is 3.12. The van der Waals surface area contributed by atoms with E-state index < -0.39 is 0 Å². The molecule has 0 unspecified atom stereocenters. The lowest BCUT2D eigenvalue weighted by molar-refractivity contribution is 0.0928. The summed E-state index contributed by atoms with van der Waals surface area (Å²) in [4.78, 5) is 12.7.